The molecule has 1 aromatic heterocycles. The first-order valence-corrected chi connectivity index (χ1v) is 15.5. The number of hydrogen-bond donors (Lipinski definition) is 0. The Kier molecular flexibility index (Phi) is 8.92. The summed E-state index contributed by atoms with van der Waals surface area (Å²) in [6, 6.07) is 20.3. The number of aromatic nitrogens is 1. The van der Waals surface area contributed by atoms with Crippen LogP contribution in [0.1, 0.15) is 47.7 Å². The largest absolute Gasteiger partial charge is 0.486 e. The Balaban J connectivity index is 1.55. The summed E-state index contributed by atoms with van der Waals surface area (Å²) in [5.74, 6) is 0.0925. The first-order valence-electron chi connectivity index (χ1n) is 13.1. The van der Waals surface area contributed by atoms with Gasteiger partial charge in [0.25, 0.3) is 5.56 Å². The molecule has 10 heteroatoms. The van der Waals surface area contributed by atoms with Crippen molar-refractivity contribution in [3.8, 4) is 11.8 Å². The third-order valence-electron chi connectivity index (χ3n) is 6.74. The van der Waals surface area contributed by atoms with Crippen LogP contribution >= 0.6 is 43.2 Å². The van der Waals surface area contributed by atoms with Gasteiger partial charge in [0.05, 0.1) is 49.0 Å². The maximum Gasteiger partial charge on any atom is 0.338 e. The molecule has 0 saturated carbocycles. The van der Waals surface area contributed by atoms with E-state index in [1.807, 2.05) is 61.5 Å². The maximum absolute atomic E-state index is 13.9. The van der Waals surface area contributed by atoms with E-state index in [4.69, 9.17) is 9.47 Å². The molecular formula is C32H25Br2N3O4S. The minimum absolute atomic E-state index is 0.217. The van der Waals surface area contributed by atoms with Gasteiger partial charge in [0, 0.05) is 5.56 Å². The summed E-state index contributed by atoms with van der Waals surface area (Å²) in [6.45, 7) is 5.95. The molecule has 1 aliphatic heterocycles. The zero-order valence-corrected chi connectivity index (χ0v) is 27.0. The van der Waals surface area contributed by atoms with E-state index in [9.17, 15) is 14.9 Å². The number of allylic oxidation sites excluding steroid dienone is 1. The molecule has 0 spiro atoms. The van der Waals surface area contributed by atoms with Crippen molar-refractivity contribution in [2.24, 2.45) is 4.99 Å². The van der Waals surface area contributed by atoms with E-state index >= 15 is 0 Å². The molecule has 0 aliphatic carbocycles. The molecule has 4 aromatic rings. The highest BCUT2D eigenvalue weighted by Crippen LogP contribution is 2.36. The van der Waals surface area contributed by atoms with E-state index in [1.165, 1.54) is 11.3 Å². The molecule has 5 rings (SSSR count). The highest BCUT2D eigenvalue weighted by Gasteiger charge is 2.33. The number of esters is 1. The van der Waals surface area contributed by atoms with Crippen molar-refractivity contribution in [1.29, 1.82) is 5.26 Å². The normalized spacial score (nSPS) is 14.7. The average molecular weight is 707 g/mol. The summed E-state index contributed by atoms with van der Waals surface area (Å²) in [5, 5.41) is 9.37. The van der Waals surface area contributed by atoms with Gasteiger partial charge in [-0.3, -0.25) is 9.36 Å². The van der Waals surface area contributed by atoms with Gasteiger partial charge in [-0.05, 0) is 88.0 Å². The lowest BCUT2D eigenvalue weighted by Crippen LogP contribution is -2.39. The van der Waals surface area contributed by atoms with Gasteiger partial charge in [0.15, 0.2) is 4.80 Å². The van der Waals surface area contributed by atoms with Crippen LogP contribution in [0.2, 0.25) is 0 Å². The second-order valence-corrected chi connectivity index (χ2v) is 12.3. The van der Waals surface area contributed by atoms with Crippen LogP contribution < -0.4 is 19.6 Å². The number of nitrogens with zero attached hydrogens (tertiary/aromatic N) is 3. The molecule has 3 aromatic carbocycles. The predicted molar refractivity (Wildman–Crippen MR) is 169 cm³/mol. The number of halogens is 2. The Morgan fingerprint density at radius 3 is 2.48 bits per heavy atom. The lowest BCUT2D eigenvalue weighted by atomic mass is 9.95. The monoisotopic (exact) mass is 705 g/mol. The molecule has 7 nitrogen and oxygen atoms in total. The van der Waals surface area contributed by atoms with Crippen molar-refractivity contribution in [2.75, 3.05) is 6.61 Å². The van der Waals surface area contributed by atoms with Gasteiger partial charge in [-0.2, -0.15) is 5.26 Å². The van der Waals surface area contributed by atoms with Crippen LogP contribution in [0.5, 0.6) is 5.75 Å². The number of carbonyl (C=O) groups excluding carboxylic acids is 1. The number of carbonyl (C=O) groups is 1. The molecule has 1 aliphatic rings. The number of aryl methyl sites for hydroxylation is 1. The Labute approximate surface area is 263 Å². The van der Waals surface area contributed by atoms with Crippen molar-refractivity contribution in [1.82, 2.24) is 4.57 Å². The van der Waals surface area contributed by atoms with Crippen molar-refractivity contribution < 1.29 is 14.3 Å². The summed E-state index contributed by atoms with van der Waals surface area (Å²) < 4.78 is 14.8. The van der Waals surface area contributed by atoms with Crippen LogP contribution in [0.3, 0.4) is 0 Å². The highest BCUT2D eigenvalue weighted by atomic mass is 79.9. The zero-order valence-electron chi connectivity index (χ0n) is 23.0. The Morgan fingerprint density at radius 2 is 1.81 bits per heavy atom. The molecule has 0 saturated heterocycles. The van der Waals surface area contributed by atoms with Gasteiger partial charge in [0.1, 0.15) is 12.4 Å². The molecule has 0 amide bonds. The minimum Gasteiger partial charge on any atom is -0.486 e. The van der Waals surface area contributed by atoms with E-state index in [0.29, 0.717) is 40.9 Å². The molecule has 0 fully saturated rings. The maximum atomic E-state index is 13.9. The number of fused-ring (bicyclic) bond motifs is 1. The minimum atomic E-state index is -0.659. The fourth-order valence-corrected chi connectivity index (χ4v) is 7.21. The van der Waals surface area contributed by atoms with E-state index in [2.05, 4.69) is 42.9 Å². The number of rotatable bonds is 7. The first kappa shape index (κ1) is 29.7. The van der Waals surface area contributed by atoms with Crippen molar-refractivity contribution >= 4 is 55.2 Å². The average Bonchev–Trinajstić information content (AvgIpc) is 3.26. The Bertz CT molecular complexity index is 1930. The van der Waals surface area contributed by atoms with Crippen molar-refractivity contribution in [3.05, 3.63) is 128 Å². The second-order valence-electron chi connectivity index (χ2n) is 9.58. The van der Waals surface area contributed by atoms with E-state index < -0.39 is 12.0 Å². The van der Waals surface area contributed by atoms with Crippen molar-refractivity contribution in [3.63, 3.8) is 0 Å². The van der Waals surface area contributed by atoms with Gasteiger partial charge < -0.3 is 9.47 Å². The summed E-state index contributed by atoms with van der Waals surface area (Å²) >= 11 is 8.45. The van der Waals surface area contributed by atoms with E-state index in [-0.39, 0.29) is 18.8 Å². The predicted octanol–water partition coefficient (Wildman–Crippen LogP) is 6.08. The first-order chi connectivity index (χ1) is 20.2. The van der Waals surface area contributed by atoms with Crippen LogP contribution in [0, 0.1) is 18.3 Å². The van der Waals surface area contributed by atoms with Gasteiger partial charge in [-0.25, -0.2) is 9.79 Å². The van der Waals surface area contributed by atoms with Gasteiger partial charge in [-0.15, -0.1) is 0 Å². The molecule has 42 heavy (non-hydrogen) atoms. The fourth-order valence-electron chi connectivity index (χ4n) is 4.71. The van der Waals surface area contributed by atoms with Crippen LogP contribution in [-0.4, -0.2) is 17.1 Å². The molecule has 0 unspecified atom stereocenters. The molecule has 2 heterocycles. The summed E-state index contributed by atoms with van der Waals surface area (Å²) in [6.07, 6.45) is 1.80. The lowest BCUT2D eigenvalue weighted by molar-refractivity contribution is -0.139. The molecule has 0 radical (unpaired) electrons. The van der Waals surface area contributed by atoms with Crippen molar-refractivity contribution in [2.45, 2.75) is 33.4 Å². The lowest BCUT2D eigenvalue weighted by Gasteiger charge is -2.24. The highest BCUT2D eigenvalue weighted by molar-refractivity contribution is 9.11. The summed E-state index contributed by atoms with van der Waals surface area (Å²) in [5.41, 5.74) is 4.60. The molecule has 212 valence electrons. The fraction of sp³-hybridized carbons (Fsp3) is 0.188. The zero-order chi connectivity index (χ0) is 30.0. The van der Waals surface area contributed by atoms with Crippen LogP contribution in [0.15, 0.2) is 90.7 Å². The third kappa shape index (κ3) is 5.91. The molecular weight excluding hydrogens is 682 g/mol. The standard InChI is InChI=1S/C32H25Br2N3O4S/c1-4-40-31(39)27-19(3)36-32-37(28(27)21-11-9-18(2)10-12-21)30(38)26(42-32)15-20-13-24(33)29(25(34)14-20)41-17-23-8-6-5-7-22(23)16-35/h5-15,28H,4,17H2,1-3H3/b26-15+/t28-/m1/s1. The summed E-state index contributed by atoms with van der Waals surface area (Å²) in [4.78, 5) is 32.1. The number of hydrogen-bond acceptors (Lipinski definition) is 7. The molecule has 0 bridgehead atoms. The number of ether oxygens (including phenoxy) is 2. The molecule has 0 N–H and O–H groups in total. The SMILES string of the molecule is CCOC(=O)C1=C(C)N=c2s/c(=C/c3cc(Br)c(OCc4ccccc4C#N)c(Br)c3)c(=O)n2[C@@H]1c1ccc(C)cc1. The van der Waals surface area contributed by atoms with Crippen LogP contribution in [0.25, 0.3) is 6.08 Å². The quantitative estimate of drug-likeness (QED) is 0.217. The Morgan fingerprint density at radius 1 is 1.12 bits per heavy atom. The number of nitriles is 1. The summed E-state index contributed by atoms with van der Waals surface area (Å²) in [7, 11) is 0. The number of benzene rings is 3. The third-order valence-corrected chi connectivity index (χ3v) is 8.90. The van der Waals surface area contributed by atoms with Gasteiger partial charge in [-0.1, -0.05) is 59.4 Å². The molecule has 1 atom stereocenters. The van der Waals surface area contributed by atoms with Gasteiger partial charge >= 0.3 is 5.97 Å². The van der Waals surface area contributed by atoms with Crippen LogP contribution in [-0.2, 0) is 16.1 Å². The van der Waals surface area contributed by atoms with E-state index in [0.717, 1.165) is 22.3 Å². The smallest absolute Gasteiger partial charge is 0.338 e. The van der Waals surface area contributed by atoms with E-state index in [1.54, 1.807) is 30.6 Å². The topological polar surface area (TPSA) is 93.7 Å². The van der Waals surface area contributed by atoms with Crippen LogP contribution in [0.4, 0.5) is 0 Å². The number of thiazole rings is 1. The van der Waals surface area contributed by atoms with Gasteiger partial charge in [0.2, 0.25) is 0 Å². The Hall–Kier alpha value is -3.78. The second kappa shape index (κ2) is 12.6.